The van der Waals surface area contributed by atoms with E-state index < -0.39 is 5.60 Å². The first-order chi connectivity index (χ1) is 6.72. The molecule has 2 N–H and O–H groups in total. The third kappa shape index (κ3) is 2.27. The van der Waals surface area contributed by atoms with Gasteiger partial charge in [0.15, 0.2) is 0 Å². The minimum Gasteiger partial charge on any atom is -0.390 e. The van der Waals surface area contributed by atoms with Gasteiger partial charge in [-0.15, -0.1) is 0 Å². The quantitative estimate of drug-likeness (QED) is 0.665. The largest absolute Gasteiger partial charge is 0.390 e. The molecule has 0 aromatic carbocycles. The van der Waals surface area contributed by atoms with Crippen LogP contribution in [0.15, 0.2) is 0 Å². The number of rotatable bonds is 4. The highest BCUT2D eigenvalue weighted by atomic mass is 16.5. The van der Waals surface area contributed by atoms with Gasteiger partial charge in [-0.25, -0.2) is 0 Å². The first-order valence-electron chi connectivity index (χ1n) is 5.78. The van der Waals surface area contributed by atoms with Crippen LogP contribution in [0.4, 0.5) is 0 Å². The lowest BCUT2D eigenvalue weighted by molar-refractivity contribution is -0.0341. The molecule has 3 nitrogen and oxygen atoms in total. The number of fused-ring (bicyclic) bond motifs is 2. The normalized spacial score (nSPS) is 41.6. The molecular formula is C11H21NO2. The number of ether oxygens (including phenoxy) is 1. The fourth-order valence-electron chi connectivity index (χ4n) is 2.84. The Hall–Kier alpha value is -0.120. The molecule has 2 aliphatic heterocycles. The molecule has 0 radical (unpaired) electrons. The van der Waals surface area contributed by atoms with Crippen molar-refractivity contribution in [2.24, 2.45) is 0 Å². The first kappa shape index (κ1) is 10.4. The summed E-state index contributed by atoms with van der Waals surface area (Å²) in [5.74, 6) is 0. The van der Waals surface area contributed by atoms with E-state index in [-0.39, 0.29) is 0 Å². The van der Waals surface area contributed by atoms with Gasteiger partial charge in [0.2, 0.25) is 0 Å². The minimum atomic E-state index is -0.452. The Morgan fingerprint density at radius 3 is 2.57 bits per heavy atom. The molecule has 2 heterocycles. The van der Waals surface area contributed by atoms with E-state index in [1.807, 2.05) is 6.92 Å². The second-order valence-electron chi connectivity index (χ2n) is 4.72. The van der Waals surface area contributed by atoms with Crippen molar-refractivity contribution in [3.8, 4) is 0 Å². The van der Waals surface area contributed by atoms with Gasteiger partial charge in [0.05, 0.1) is 5.60 Å². The fraction of sp³-hybridized carbons (Fsp3) is 1.00. The molecule has 2 unspecified atom stereocenters. The van der Waals surface area contributed by atoms with Crippen LogP contribution in [0.1, 0.15) is 39.0 Å². The molecule has 0 amide bonds. The molecule has 2 rings (SSSR count). The monoisotopic (exact) mass is 199 g/mol. The Morgan fingerprint density at radius 1 is 1.36 bits per heavy atom. The molecule has 82 valence electrons. The van der Waals surface area contributed by atoms with Crippen molar-refractivity contribution in [3.63, 3.8) is 0 Å². The van der Waals surface area contributed by atoms with Crippen LogP contribution in [-0.2, 0) is 4.74 Å². The van der Waals surface area contributed by atoms with Crippen LogP contribution in [0.2, 0.25) is 0 Å². The van der Waals surface area contributed by atoms with Gasteiger partial charge in [0.25, 0.3) is 0 Å². The van der Waals surface area contributed by atoms with Crippen LogP contribution in [-0.4, -0.2) is 36.0 Å². The molecule has 0 saturated carbocycles. The van der Waals surface area contributed by atoms with E-state index in [2.05, 4.69) is 5.32 Å². The second-order valence-corrected chi connectivity index (χ2v) is 4.72. The van der Waals surface area contributed by atoms with Gasteiger partial charge >= 0.3 is 0 Å². The zero-order valence-corrected chi connectivity index (χ0v) is 8.96. The van der Waals surface area contributed by atoms with Crippen molar-refractivity contribution in [3.05, 3.63) is 0 Å². The smallest absolute Gasteiger partial charge is 0.0699 e. The number of piperidine rings is 1. The van der Waals surface area contributed by atoms with Crippen molar-refractivity contribution in [2.75, 3.05) is 13.2 Å². The summed E-state index contributed by atoms with van der Waals surface area (Å²) >= 11 is 0. The maximum absolute atomic E-state index is 10.4. The molecule has 0 aliphatic carbocycles. The van der Waals surface area contributed by atoms with Gasteiger partial charge in [0, 0.05) is 25.3 Å². The standard InChI is InChI=1S/C11H21NO2/c1-2-14-6-5-11(13)7-9-3-4-10(8-11)12-9/h9-10,12-13H,2-8H2,1H3. The number of aliphatic hydroxyl groups is 1. The molecule has 0 aromatic rings. The van der Waals surface area contributed by atoms with Crippen molar-refractivity contribution in [2.45, 2.75) is 56.7 Å². The van der Waals surface area contributed by atoms with E-state index in [0.29, 0.717) is 18.7 Å². The van der Waals surface area contributed by atoms with Crippen LogP contribution in [0, 0.1) is 0 Å². The van der Waals surface area contributed by atoms with Crippen LogP contribution in [0.25, 0.3) is 0 Å². The molecule has 0 aromatic heterocycles. The Kier molecular flexibility index (Phi) is 3.10. The molecule has 2 saturated heterocycles. The van der Waals surface area contributed by atoms with Gasteiger partial charge < -0.3 is 15.2 Å². The summed E-state index contributed by atoms with van der Waals surface area (Å²) < 4.78 is 5.31. The summed E-state index contributed by atoms with van der Waals surface area (Å²) in [5, 5.41) is 13.9. The predicted octanol–water partition coefficient (Wildman–Crippen LogP) is 1.06. The Balaban J connectivity index is 1.83. The minimum absolute atomic E-state index is 0.452. The maximum atomic E-state index is 10.4. The van der Waals surface area contributed by atoms with Gasteiger partial charge in [-0.1, -0.05) is 0 Å². The molecular weight excluding hydrogens is 178 g/mol. The Morgan fingerprint density at radius 2 is 2.00 bits per heavy atom. The van der Waals surface area contributed by atoms with Crippen molar-refractivity contribution in [1.29, 1.82) is 0 Å². The summed E-state index contributed by atoms with van der Waals surface area (Å²) in [6, 6.07) is 1.11. The van der Waals surface area contributed by atoms with Gasteiger partial charge in [-0.2, -0.15) is 0 Å². The maximum Gasteiger partial charge on any atom is 0.0699 e. The summed E-state index contributed by atoms with van der Waals surface area (Å²) in [4.78, 5) is 0. The lowest BCUT2D eigenvalue weighted by Crippen LogP contribution is -2.48. The van der Waals surface area contributed by atoms with E-state index in [1.54, 1.807) is 0 Å². The fourth-order valence-corrected chi connectivity index (χ4v) is 2.84. The lowest BCUT2D eigenvalue weighted by atomic mass is 9.85. The van der Waals surface area contributed by atoms with Gasteiger partial charge in [-0.3, -0.25) is 0 Å². The number of nitrogens with one attached hydrogen (secondary N) is 1. The van der Waals surface area contributed by atoms with Gasteiger partial charge in [0.1, 0.15) is 0 Å². The molecule has 2 atom stereocenters. The highest BCUT2D eigenvalue weighted by Gasteiger charge is 2.41. The number of hydrogen-bond donors (Lipinski definition) is 2. The molecule has 3 heteroatoms. The molecule has 2 aliphatic rings. The summed E-state index contributed by atoms with van der Waals surface area (Å²) in [5.41, 5.74) is -0.452. The van der Waals surface area contributed by atoms with Crippen LogP contribution in [0.5, 0.6) is 0 Å². The highest BCUT2D eigenvalue weighted by Crippen LogP contribution is 2.35. The van der Waals surface area contributed by atoms with Crippen LogP contribution in [0.3, 0.4) is 0 Å². The summed E-state index contributed by atoms with van der Waals surface area (Å²) in [6.07, 6.45) is 5.10. The molecule has 2 fully saturated rings. The zero-order chi connectivity index (χ0) is 10.0. The van der Waals surface area contributed by atoms with E-state index in [0.717, 1.165) is 25.9 Å². The third-order valence-electron chi connectivity index (χ3n) is 3.50. The Bertz CT molecular complexity index is 184. The second kappa shape index (κ2) is 4.17. The summed E-state index contributed by atoms with van der Waals surface area (Å²) in [7, 11) is 0. The van der Waals surface area contributed by atoms with Crippen molar-refractivity contribution < 1.29 is 9.84 Å². The predicted molar refractivity (Wildman–Crippen MR) is 55.2 cm³/mol. The van der Waals surface area contributed by atoms with E-state index in [4.69, 9.17) is 4.74 Å². The highest BCUT2D eigenvalue weighted by molar-refractivity contribution is 4.99. The molecule has 14 heavy (non-hydrogen) atoms. The number of hydrogen-bond acceptors (Lipinski definition) is 3. The molecule has 0 spiro atoms. The topological polar surface area (TPSA) is 41.5 Å². The van der Waals surface area contributed by atoms with E-state index in [1.165, 1.54) is 12.8 Å². The van der Waals surface area contributed by atoms with Crippen molar-refractivity contribution in [1.82, 2.24) is 5.32 Å². The average molecular weight is 199 g/mol. The lowest BCUT2D eigenvalue weighted by Gasteiger charge is -2.37. The Labute approximate surface area is 85.8 Å². The van der Waals surface area contributed by atoms with E-state index in [9.17, 15) is 5.11 Å². The third-order valence-corrected chi connectivity index (χ3v) is 3.50. The average Bonchev–Trinajstić information content (AvgIpc) is 2.46. The van der Waals surface area contributed by atoms with Crippen LogP contribution >= 0.6 is 0 Å². The SMILES string of the molecule is CCOCCC1(O)CC2CCC(C1)N2. The first-order valence-corrected chi connectivity index (χ1v) is 5.78. The molecule has 2 bridgehead atoms. The van der Waals surface area contributed by atoms with Crippen LogP contribution < -0.4 is 5.32 Å². The summed E-state index contributed by atoms with van der Waals surface area (Å²) in [6.45, 7) is 3.45. The van der Waals surface area contributed by atoms with Gasteiger partial charge in [-0.05, 0) is 39.0 Å². The van der Waals surface area contributed by atoms with Crippen molar-refractivity contribution >= 4 is 0 Å². The zero-order valence-electron chi connectivity index (χ0n) is 8.96. The van der Waals surface area contributed by atoms with E-state index >= 15 is 0 Å².